The maximum Gasteiger partial charge on any atom is 0.201 e. The number of Topliss-reactive ketones (excluding diaryl/α,β-unsaturated/α-hetero) is 1. The molecule has 4 heteroatoms. The van der Waals surface area contributed by atoms with Gasteiger partial charge in [0.1, 0.15) is 5.60 Å². The van der Waals surface area contributed by atoms with Gasteiger partial charge in [0.2, 0.25) is 5.78 Å². The van der Waals surface area contributed by atoms with Crippen molar-refractivity contribution < 1.29 is 19.0 Å². The van der Waals surface area contributed by atoms with Gasteiger partial charge in [-0.05, 0) is 24.5 Å². The van der Waals surface area contributed by atoms with E-state index in [9.17, 15) is 4.79 Å². The second-order valence-electron chi connectivity index (χ2n) is 7.81. The summed E-state index contributed by atoms with van der Waals surface area (Å²) in [6.45, 7) is 5.61. The van der Waals surface area contributed by atoms with Crippen molar-refractivity contribution in [2.24, 2.45) is 5.41 Å². The van der Waals surface area contributed by atoms with Gasteiger partial charge in [-0.2, -0.15) is 0 Å². The lowest BCUT2D eigenvalue weighted by molar-refractivity contribution is -0.269. The summed E-state index contributed by atoms with van der Waals surface area (Å²) < 4.78 is 18.2. The van der Waals surface area contributed by atoms with Crippen molar-refractivity contribution in [2.75, 3.05) is 13.2 Å². The maximum absolute atomic E-state index is 12.5. The van der Waals surface area contributed by atoms with Crippen molar-refractivity contribution in [3.05, 3.63) is 41.7 Å². The van der Waals surface area contributed by atoms with Gasteiger partial charge in [-0.25, -0.2) is 0 Å². The van der Waals surface area contributed by atoms with Gasteiger partial charge in [-0.15, -0.1) is 0 Å². The van der Waals surface area contributed by atoms with Crippen molar-refractivity contribution in [2.45, 2.75) is 50.9 Å². The van der Waals surface area contributed by atoms with E-state index in [1.165, 1.54) is 0 Å². The number of carbonyl (C=O) groups excluding carboxylic acids is 1. The van der Waals surface area contributed by atoms with E-state index >= 15 is 0 Å². The Morgan fingerprint density at radius 2 is 1.75 bits per heavy atom. The Morgan fingerprint density at radius 1 is 1.04 bits per heavy atom. The molecule has 2 saturated heterocycles. The summed E-state index contributed by atoms with van der Waals surface area (Å²) in [5, 5.41) is 0. The molecule has 1 aromatic carbocycles. The van der Waals surface area contributed by atoms with Crippen LogP contribution in [-0.4, -0.2) is 30.4 Å². The summed E-state index contributed by atoms with van der Waals surface area (Å²) in [5.41, 5.74) is 0.387. The van der Waals surface area contributed by atoms with Crippen LogP contribution < -0.4 is 0 Å². The Kier molecular flexibility index (Phi) is 3.59. The van der Waals surface area contributed by atoms with Crippen LogP contribution in [0.2, 0.25) is 0 Å². The Hall–Kier alpha value is -1.65. The Morgan fingerprint density at radius 3 is 2.42 bits per heavy atom. The van der Waals surface area contributed by atoms with E-state index < -0.39 is 11.4 Å². The van der Waals surface area contributed by atoms with E-state index in [2.05, 4.69) is 13.8 Å². The predicted molar refractivity (Wildman–Crippen MR) is 90.1 cm³/mol. The molecule has 2 aliphatic heterocycles. The first-order valence-corrected chi connectivity index (χ1v) is 8.71. The van der Waals surface area contributed by atoms with Crippen LogP contribution in [0.1, 0.15) is 45.1 Å². The molecule has 1 saturated carbocycles. The highest BCUT2D eigenvalue weighted by Crippen LogP contribution is 2.56. The molecular weight excluding hydrogens is 304 g/mol. The molecule has 0 bridgehead atoms. The second kappa shape index (κ2) is 5.43. The summed E-state index contributed by atoms with van der Waals surface area (Å²) in [6.07, 6.45) is 4.63. The first kappa shape index (κ1) is 15.9. The molecule has 4 nitrogen and oxygen atoms in total. The number of hydrogen-bond acceptors (Lipinski definition) is 4. The summed E-state index contributed by atoms with van der Waals surface area (Å²) in [4.78, 5) is 12.5. The first-order valence-electron chi connectivity index (χ1n) is 8.71. The van der Waals surface area contributed by atoms with Gasteiger partial charge in [0.15, 0.2) is 11.5 Å². The Labute approximate surface area is 142 Å². The van der Waals surface area contributed by atoms with Gasteiger partial charge in [-0.1, -0.05) is 44.2 Å². The summed E-state index contributed by atoms with van der Waals surface area (Å²) in [6, 6.07) is 9.85. The maximum atomic E-state index is 12.5. The molecule has 1 unspecified atom stereocenters. The number of allylic oxidation sites excluding steroid dienone is 1. The lowest BCUT2D eigenvalue weighted by Crippen LogP contribution is -2.55. The first-order chi connectivity index (χ1) is 11.4. The van der Waals surface area contributed by atoms with E-state index in [-0.39, 0.29) is 11.2 Å². The fourth-order valence-electron chi connectivity index (χ4n) is 4.50. The summed E-state index contributed by atoms with van der Waals surface area (Å²) in [5.74, 6) is 0.0661. The highest BCUT2D eigenvalue weighted by Gasteiger charge is 2.60. The molecule has 3 fully saturated rings. The molecule has 0 amide bonds. The van der Waals surface area contributed by atoms with Gasteiger partial charge in [0, 0.05) is 11.8 Å². The summed E-state index contributed by atoms with van der Waals surface area (Å²) in [7, 11) is 0. The quantitative estimate of drug-likeness (QED) is 0.737. The van der Waals surface area contributed by atoms with Gasteiger partial charge in [-0.3, -0.25) is 4.79 Å². The fourth-order valence-corrected chi connectivity index (χ4v) is 4.50. The normalized spacial score (nSPS) is 32.6. The molecule has 128 valence electrons. The minimum atomic E-state index is -0.517. The third-order valence-electron chi connectivity index (χ3n) is 5.64. The number of hydrogen-bond donors (Lipinski definition) is 0. The van der Waals surface area contributed by atoms with Crippen LogP contribution in [0.25, 0.3) is 6.08 Å². The van der Waals surface area contributed by atoms with Crippen molar-refractivity contribution >= 4 is 11.9 Å². The van der Waals surface area contributed by atoms with E-state index in [0.29, 0.717) is 25.4 Å². The minimum Gasteiger partial charge on any atom is -0.483 e. The lowest BCUT2D eigenvalue weighted by Gasteiger charge is -2.51. The van der Waals surface area contributed by atoms with Gasteiger partial charge >= 0.3 is 0 Å². The molecule has 2 spiro atoms. The molecule has 0 radical (unpaired) electrons. The van der Waals surface area contributed by atoms with Crippen LogP contribution in [0.3, 0.4) is 0 Å². The lowest BCUT2D eigenvalue weighted by atomic mass is 9.65. The number of carbonyl (C=O) groups is 1. The average molecular weight is 328 g/mol. The smallest absolute Gasteiger partial charge is 0.201 e. The van der Waals surface area contributed by atoms with Crippen LogP contribution in [0.5, 0.6) is 0 Å². The van der Waals surface area contributed by atoms with Gasteiger partial charge in [0.05, 0.1) is 19.6 Å². The zero-order valence-corrected chi connectivity index (χ0v) is 14.3. The van der Waals surface area contributed by atoms with E-state index in [1.54, 1.807) is 0 Å². The third-order valence-corrected chi connectivity index (χ3v) is 5.64. The largest absolute Gasteiger partial charge is 0.483 e. The van der Waals surface area contributed by atoms with E-state index in [0.717, 1.165) is 24.8 Å². The molecule has 0 N–H and O–H groups in total. The van der Waals surface area contributed by atoms with Crippen molar-refractivity contribution in [3.8, 4) is 0 Å². The minimum absolute atomic E-state index is 0.0962. The van der Waals surface area contributed by atoms with Crippen LogP contribution >= 0.6 is 0 Å². The predicted octanol–water partition coefficient (Wildman–Crippen LogP) is 3.71. The molecule has 4 rings (SSSR count). The molecule has 24 heavy (non-hydrogen) atoms. The van der Waals surface area contributed by atoms with Crippen LogP contribution in [0.4, 0.5) is 0 Å². The van der Waals surface area contributed by atoms with Crippen molar-refractivity contribution in [1.29, 1.82) is 0 Å². The van der Waals surface area contributed by atoms with Crippen molar-refractivity contribution in [3.63, 3.8) is 0 Å². The molecule has 3 aliphatic rings. The topological polar surface area (TPSA) is 44.8 Å². The standard InChI is InChI=1S/C20H24O4/c1-18(2)14-19(8-9-20(18)22-10-11-23-20)13-16(21)17(24-19)12-15-6-4-3-5-7-15/h3-7,12H,8-11,13-14H2,1-2H3/b17-12-. The number of rotatable bonds is 1. The molecule has 2 heterocycles. The Bertz CT molecular complexity index is 670. The molecule has 0 aromatic heterocycles. The SMILES string of the molecule is CC1(C)CC2(CCC13OCCO3)CC(=O)/C(=C/c1ccccc1)O2. The average Bonchev–Trinajstić information content (AvgIpc) is 3.12. The van der Waals surface area contributed by atoms with Gasteiger partial charge in [0.25, 0.3) is 0 Å². The van der Waals surface area contributed by atoms with Crippen molar-refractivity contribution in [1.82, 2.24) is 0 Å². The highest BCUT2D eigenvalue weighted by molar-refractivity contribution is 6.00. The number of ether oxygens (including phenoxy) is 3. The zero-order valence-electron chi connectivity index (χ0n) is 14.3. The number of ketones is 1. The monoisotopic (exact) mass is 328 g/mol. The second-order valence-corrected chi connectivity index (χ2v) is 7.81. The van der Waals surface area contributed by atoms with Crippen LogP contribution in [0.15, 0.2) is 36.1 Å². The van der Waals surface area contributed by atoms with Crippen LogP contribution in [0, 0.1) is 5.41 Å². The Balaban J connectivity index is 1.58. The van der Waals surface area contributed by atoms with Crippen LogP contribution in [-0.2, 0) is 19.0 Å². The zero-order chi connectivity index (χ0) is 16.8. The summed E-state index contributed by atoms with van der Waals surface area (Å²) >= 11 is 0. The van der Waals surface area contributed by atoms with E-state index in [4.69, 9.17) is 14.2 Å². The molecule has 1 atom stereocenters. The number of benzene rings is 1. The molecular formula is C20H24O4. The third kappa shape index (κ3) is 2.49. The highest BCUT2D eigenvalue weighted by atomic mass is 16.7. The molecule has 1 aromatic rings. The van der Waals surface area contributed by atoms with Gasteiger partial charge < -0.3 is 14.2 Å². The molecule has 1 aliphatic carbocycles. The van der Waals surface area contributed by atoms with E-state index in [1.807, 2.05) is 36.4 Å². The fraction of sp³-hybridized carbons (Fsp3) is 0.550.